The third-order valence-electron chi connectivity index (χ3n) is 5.15. The standard InChI is InChI=1S/C18H24N4O2/c1-21(2)17-19-14-6-5-13(11-15(14)20-17)16(23)22-9-3-7-18(12-22)8-4-10-24-18/h5-6,11H,3-4,7-10,12H2,1-2H3,(H,19,20). The van der Waals surface area contributed by atoms with Crippen LogP contribution in [0.4, 0.5) is 5.95 Å². The van der Waals surface area contributed by atoms with Gasteiger partial charge in [0.1, 0.15) is 0 Å². The molecule has 1 spiro atoms. The minimum Gasteiger partial charge on any atom is -0.373 e. The number of hydrogen-bond acceptors (Lipinski definition) is 4. The van der Waals surface area contributed by atoms with E-state index in [1.165, 1.54) is 0 Å². The fourth-order valence-corrected chi connectivity index (χ4v) is 3.87. The van der Waals surface area contributed by atoms with Crippen LogP contribution in [0.3, 0.4) is 0 Å². The molecule has 1 unspecified atom stereocenters. The fraction of sp³-hybridized carbons (Fsp3) is 0.556. The molecule has 2 fully saturated rings. The summed E-state index contributed by atoms with van der Waals surface area (Å²) in [5.41, 5.74) is 2.40. The van der Waals surface area contributed by atoms with Crippen LogP contribution >= 0.6 is 0 Å². The lowest BCUT2D eigenvalue weighted by Gasteiger charge is -2.39. The highest BCUT2D eigenvalue weighted by Gasteiger charge is 2.40. The van der Waals surface area contributed by atoms with E-state index in [4.69, 9.17) is 4.74 Å². The molecule has 1 amide bonds. The Morgan fingerprint density at radius 3 is 2.92 bits per heavy atom. The third-order valence-corrected chi connectivity index (χ3v) is 5.15. The van der Waals surface area contributed by atoms with Crippen LogP contribution in [0.5, 0.6) is 0 Å². The van der Waals surface area contributed by atoms with Crippen molar-refractivity contribution < 1.29 is 9.53 Å². The highest BCUT2D eigenvalue weighted by atomic mass is 16.5. The highest BCUT2D eigenvalue weighted by molar-refractivity contribution is 5.97. The molecule has 1 aromatic heterocycles. The van der Waals surface area contributed by atoms with Crippen molar-refractivity contribution in [1.29, 1.82) is 0 Å². The maximum absolute atomic E-state index is 12.9. The van der Waals surface area contributed by atoms with Gasteiger partial charge in [-0.2, -0.15) is 0 Å². The van der Waals surface area contributed by atoms with E-state index in [0.29, 0.717) is 5.56 Å². The minimum absolute atomic E-state index is 0.0903. The second-order valence-electron chi connectivity index (χ2n) is 7.15. The quantitative estimate of drug-likeness (QED) is 0.920. The van der Waals surface area contributed by atoms with E-state index in [1.54, 1.807) is 0 Å². The average Bonchev–Trinajstić information content (AvgIpc) is 3.20. The van der Waals surface area contributed by atoms with Crippen molar-refractivity contribution in [1.82, 2.24) is 14.9 Å². The molecule has 3 heterocycles. The molecule has 2 saturated heterocycles. The molecule has 128 valence electrons. The number of aromatic amines is 1. The van der Waals surface area contributed by atoms with Gasteiger partial charge in [-0.3, -0.25) is 4.79 Å². The molecular weight excluding hydrogens is 304 g/mol. The van der Waals surface area contributed by atoms with Gasteiger partial charge in [0.05, 0.1) is 16.6 Å². The van der Waals surface area contributed by atoms with E-state index in [0.717, 1.165) is 62.4 Å². The van der Waals surface area contributed by atoms with E-state index in [1.807, 2.05) is 42.1 Å². The molecule has 1 N–H and O–H groups in total. The minimum atomic E-state index is -0.0932. The number of aromatic nitrogens is 2. The summed E-state index contributed by atoms with van der Waals surface area (Å²) in [6, 6.07) is 5.70. The van der Waals surface area contributed by atoms with E-state index in [-0.39, 0.29) is 11.5 Å². The van der Waals surface area contributed by atoms with Crippen LogP contribution in [0.15, 0.2) is 18.2 Å². The van der Waals surface area contributed by atoms with Crippen molar-refractivity contribution in [3.63, 3.8) is 0 Å². The second-order valence-corrected chi connectivity index (χ2v) is 7.15. The largest absolute Gasteiger partial charge is 0.373 e. The normalized spacial score (nSPS) is 24.0. The van der Waals surface area contributed by atoms with Crippen LogP contribution in [0.1, 0.15) is 36.0 Å². The molecule has 0 radical (unpaired) electrons. The van der Waals surface area contributed by atoms with Crippen molar-refractivity contribution in [3.8, 4) is 0 Å². The Balaban J connectivity index is 1.58. The zero-order valence-electron chi connectivity index (χ0n) is 14.3. The van der Waals surface area contributed by atoms with Crippen LogP contribution in [-0.4, -0.2) is 60.2 Å². The van der Waals surface area contributed by atoms with Gasteiger partial charge < -0.3 is 19.5 Å². The Hall–Kier alpha value is -2.08. The summed E-state index contributed by atoms with van der Waals surface area (Å²) in [4.78, 5) is 24.6. The number of benzene rings is 1. The number of piperidine rings is 1. The van der Waals surface area contributed by atoms with E-state index >= 15 is 0 Å². The number of fused-ring (bicyclic) bond motifs is 1. The monoisotopic (exact) mass is 328 g/mol. The first-order chi connectivity index (χ1) is 11.6. The van der Waals surface area contributed by atoms with Crippen LogP contribution in [0.2, 0.25) is 0 Å². The lowest BCUT2D eigenvalue weighted by Crippen LogP contribution is -2.49. The number of amides is 1. The van der Waals surface area contributed by atoms with E-state index in [2.05, 4.69) is 9.97 Å². The van der Waals surface area contributed by atoms with Crippen molar-refractivity contribution in [2.75, 3.05) is 38.7 Å². The molecule has 0 aliphatic carbocycles. The SMILES string of the molecule is CN(C)c1nc2ccc(C(=O)N3CCCC4(CCCO4)C3)cc2[nH]1. The topological polar surface area (TPSA) is 61.5 Å². The molecule has 0 bridgehead atoms. The highest BCUT2D eigenvalue weighted by Crippen LogP contribution is 2.35. The van der Waals surface area contributed by atoms with Gasteiger partial charge in [0.25, 0.3) is 5.91 Å². The number of H-pyrrole nitrogens is 1. The van der Waals surface area contributed by atoms with Gasteiger partial charge in [-0.1, -0.05) is 0 Å². The number of ether oxygens (including phenoxy) is 1. The number of rotatable bonds is 2. The second kappa shape index (κ2) is 5.77. The predicted molar refractivity (Wildman–Crippen MR) is 93.5 cm³/mol. The van der Waals surface area contributed by atoms with Crippen molar-refractivity contribution in [2.24, 2.45) is 0 Å². The first-order valence-electron chi connectivity index (χ1n) is 8.67. The van der Waals surface area contributed by atoms with Gasteiger partial charge in [0, 0.05) is 39.4 Å². The number of carbonyl (C=O) groups excluding carboxylic acids is 1. The summed E-state index contributed by atoms with van der Waals surface area (Å²) in [6.07, 6.45) is 4.27. The maximum Gasteiger partial charge on any atom is 0.254 e. The molecular formula is C18H24N4O2. The molecule has 4 rings (SSSR count). The van der Waals surface area contributed by atoms with Crippen molar-refractivity contribution in [3.05, 3.63) is 23.8 Å². The number of anilines is 1. The molecule has 1 aromatic carbocycles. The average molecular weight is 328 g/mol. The third kappa shape index (κ3) is 2.65. The summed E-state index contributed by atoms with van der Waals surface area (Å²) in [6.45, 7) is 2.36. The molecule has 0 saturated carbocycles. The summed E-state index contributed by atoms with van der Waals surface area (Å²) >= 11 is 0. The number of hydrogen-bond donors (Lipinski definition) is 1. The Morgan fingerprint density at radius 2 is 2.17 bits per heavy atom. The van der Waals surface area contributed by atoms with Gasteiger partial charge in [-0.05, 0) is 43.9 Å². The van der Waals surface area contributed by atoms with Crippen LogP contribution in [0.25, 0.3) is 11.0 Å². The van der Waals surface area contributed by atoms with Gasteiger partial charge in [0.15, 0.2) is 0 Å². The Labute approximate surface area is 141 Å². The zero-order chi connectivity index (χ0) is 16.7. The number of nitrogens with zero attached hydrogens (tertiary/aromatic N) is 3. The number of carbonyl (C=O) groups is 1. The number of nitrogens with one attached hydrogen (secondary N) is 1. The van der Waals surface area contributed by atoms with Gasteiger partial charge in [-0.25, -0.2) is 4.98 Å². The molecule has 6 nitrogen and oxygen atoms in total. The van der Waals surface area contributed by atoms with Crippen molar-refractivity contribution >= 4 is 22.9 Å². The fourth-order valence-electron chi connectivity index (χ4n) is 3.87. The lowest BCUT2D eigenvalue weighted by atomic mass is 9.89. The molecule has 1 atom stereocenters. The lowest BCUT2D eigenvalue weighted by molar-refractivity contribution is -0.0446. The van der Waals surface area contributed by atoms with Crippen molar-refractivity contribution in [2.45, 2.75) is 31.3 Å². The molecule has 2 aliphatic heterocycles. The Bertz CT molecular complexity index is 761. The summed E-state index contributed by atoms with van der Waals surface area (Å²) < 4.78 is 5.98. The van der Waals surface area contributed by atoms with Crippen LogP contribution in [-0.2, 0) is 4.74 Å². The first kappa shape index (κ1) is 15.4. The first-order valence-corrected chi connectivity index (χ1v) is 8.67. The van der Waals surface area contributed by atoms with Gasteiger partial charge in [-0.15, -0.1) is 0 Å². The van der Waals surface area contributed by atoms with Crippen LogP contribution < -0.4 is 4.90 Å². The molecule has 6 heteroatoms. The summed E-state index contributed by atoms with van der Waals surface area (Å²) in [5, 5.41) is 0. The Morgan fingerprint density at radius 1 is 1.33 bits per heavy atom. The molecule has 2 aliphatic rings. The van der Waals surface area contributed by atoms with Gasteiger partial charge >= 0.3 is 0 Å². The summed E-state index contributed by atoms with van der Waals surface area (Å²) in [7, 11) is 3.89. The zero-order valence-corrected chi connectivity index (χ0v) is 14.3. The maximum atomic E-state index is 12.9. The summed E-state index contributed by atoms with van der Waals surface area (Å²) in [5.74, 6) is 0.887. The van der Waals surface area contributed by atoms with E-state index in [9.17, 15) is 4.79 Å². The number of likely N-dealkylation sites (tertiary alicyclic amines) is 1. The number of imidazole rings is 1. The van der Waals surface area contributed by atoms with Gasteiger partial charge in [0.2, 0.25) is 5.95 Å². The van der Waals surface area contributed by atoms with Crippen LogP contribution in [0, 0.1) is 0 Å². The molecule has 24 heavy (non-hydrogen) atoms. The Kier molecular flexibility index (Phi) is 3.72. The smallest absolute Gasteiger partial charge is 0.254 e. The van der Waals surface area contributed by atoms with E-state index < -0.39 is 0 Å². The predicted octanol–water partition coefficient (Wildman–Crippen LogP) is 2.41. The molecule has 2 aromatic rings.